The number of hydrogen-bond donors (Lipinski definition) is 0. The highest BCUT2D eigenvalue weighted by Gasteiger charge is 2.23. The highest BCUT2D eigenvalue weighted by molar-refractivity contribution is 6.15. The summed E-state index contributed by atoms with van der Waals surface area (Å²) in [4.78, 5) is 7.31. The fourth-order valence-corrected chi connectivity index (χ4v) is 19.1. The molecule has 24 rings (SSSR count). The minimum absolute atomic E-state index is 0.591. The molecule has 6 aromatic heterocycles. The van der Waals surface area contributed by atoms with E-state index in [4.69, 9.17) is 13.1 Å². The predicted molar refractivity (Wildman–Crippen MR) is 518 cm³/mol. The third-order valence-electron chi connectivity index (χ3n) is 24.6. The average Bonchev–Trinajstić information content (AvgIpc) is 1.81. The van der Waals surface area contributed by atoms with Gasteiger partial charge in [-0.3, -0.25) is 0 Å². The van der Waals surface area contributed by atoms with Gasteiger partial charge in [-0.1, -0.05) is 206 Å². The van der Waals surface area contributed by atoms with Crippen LogP contribution in [0.2, 0.25) is 0 Å². The summed E-state index contributed by atoms with van der Waals surface area (Å²) in [7, 11) is 0. The third kappa shape index (κ3) is 12.7. The summed E-state index contributed by atoms with van der Waals surface area (Å²) in [6, 6.07) is 144. The van der Waals surface area contributed by atoms with Crippen molar-refractivity contribution in [2.75, 3.05) is 0 Å². The second-order valence-electron chi connectivity index (χ2n) is 31.9. The second kappa shape index (κ2) is 30.7. The van der Waals surface area contributed by atoms with Gasteiger partial charge in [0.2, 0.25) is 0 Å². The Bertz CT molecular complexity index is 8930. The molecule has 0 aliphatic heterocycles. The predicted octanol–water partition coefficient (Wildman–Crippen LogP) is 29.5. The van der Waals surface area contributed by atoms with Gasteiger partial charge in [-0.25, -0.2) is 9.69 Å². The van der Waals surface area contributed by atoms with E-state index in [1.165, 1.54) is 43.4 Å². The van der Waals surface area contributed by atoms with Gasteiger partial charge in [-0.05, 0) is 245 Å². The Morgan fingerprint density at radius 2 is 0.425 bits per heavy atom. The van der Waals surface area contributed by atoms with Gasteiger partial charge in [-0.2, -0.15) is 21.0 Å². The van der Waals surface area contributed by atoms with Crippen molar-refractivity contribution in [2.45, 2.75) is 6.92 Å². The molecule has 24 aromatic rings. The van der Waals surface area contributed by atoms with Crippen LogP contribution in [0.25, 0.3) is 208 Å². The van der Waals surface area contributed by atoms with E-state index in [2.05, 4.69) is 335 Å². The highest BCUT2D eigenvalue weighted by Crippen LogP contribution is 2.44. The van der Waals surface area contributed by atoms with Gasteiger partial charge in [0.05, 0.1) is 126 Å². The lowest BCUT2D eigenvalue weighted by molar-refractivity contribution is 1.17. The van der Waals surface area contributed by atoms with Gasteiger partial charge >= 0.3 is 0 Å². The lowest BCUT2D eigenvalue weighted by atomic mass is 10.0. The molecule has 0 aliphatic carbocycles. The van der Waals surface area contributed by atoms with Gasteiger partial charge in [-0.15, -0.1) is 0 Å². The van der Waals surface area contributed by atoms with E-state index in [0.29, 0.717) is 33.6 Å². The summed E-state index contributed by atoms with van der Waals surface area (Å²) in [6.45, 7) is 17.2. The Morgan fingerprint density at radius 3 is 0.717 bits per heavy atom. The van der Waals surface area contributed by atoms with E-state index >= 15 is 0 Å². The molecule has 0 saturated heterocycles. The number of rotatable bonds is 9. The van der Waals surface area contributed by atoms with Crippen LogP contribution in [0, 0.1) is 65.4 Å². The van der Waals surface area contributed by atoms with E-state index in [-0.39, 0.29) is 0 Å². The lowest BCUT2D eigenvalue weighted by Crippen LogP contribution is -1.97. The number of nitrogens with zero attached hydrogens (tertiary/aromatic N) is 12. The van der Waals surface area contributed by atoms with Crippen molar-refractivity contribution < 1.29 is 0 Å². The molecule has 0 N–H and O–H groups in total. The topological polar surface area (TPSA) is 133 Å². The monoisotopic (exact) mass is 1620 g/mol. The molecule has 0 aliphatic rings. The summed E-state index contributed by atoms with van der Waals surface area (Å²) in [6.07, 6.45) is 0. The molecule has 12 heteroatoms. The molecule has 0 fully saturated rings. The maximum absolute atomic E-state index is 10.1. The Kier molecular flexibility index (Phi) is 18.1. The van der Waals surface area contributed by atoms with Crippen LogP contribution in [0.4, 0.5) is 11.4 Å². The van der Waals surface area contributed by atoms with Crippen molar-refractivity contribution in [3.63, 3.8) is 0 Å². The Balaban J connectivity index is 0.000000112. The zero-order valence-electron chi connectivity index (χ0n) is 68.4. The summed E-state index contributed by atoms with van der Waals surface area (Å²) >= 11 is 0. The molecule has 0 atom stereocenters. The molecule has 127 heavy (non-hydrogen) atoms. The summed E-state index contributed by atoms with van der Waals surface area (Å²) in [5.41, 5.74) is 29.9. The van der Waals surface area contributed by atoms with E-state index in [1.807, 2.05) is 127 Å². The smallest absolute Gasteiger partial charge is 0.188 e. The van der Waals surface area contributed by atoms with Crippen LogP contribution >= 0.6 is 0 Å². The molecule has 0 unspecified atom stereocenters. The van der Waals surface area contributed by atoms with Crippen molar-refractivity contribution in [1.82, 2.24) is 27.4 Å². The van der Waals surface area contributed by atoms with Gasteiger partial charge in [0.25, 0.3) is 0 Å². The van der Waals surface area contributed by atoms with E-state index in [9.17, 15) is 21.0 Å². The van der Waals surface area contributed by atoms with Gasteiger partial charge < -0.3 is 27.4 Å². The third-order valence-corrected chi connectivity index (χ3v) is 24.6. The minimum Gasteiger partial charge on any atom is -0.309 e. The van der Waals surface area contributed by atoms with Gasteiger partial charge in [0, 0.05) is 88.0 Å². The molecule has 0 bridgehead atoms. The summed E-state index contributed by atoms with van der Waals surface area (Å²) in [5.74, 6) is 0. The van der Waals surface area contributed by atoms with E-state index < -0.39 is 0 Å². The molecule has 6 heterocycles. The van der Waals surface area contributed by atoms with Crippen molar-refractivity contribution in [3.8, 4) is 91.8 Å². The van der Waals surface area contributed by atoms with Crippen molar-refractivity contribution >= 4 is 142 Å². The Labute approximate surface area is 729 Å². The van der Waals surface area contributed by atoms with Crippen LogP contribution in [0.1, 0.15) is 27.8 Å². The van der Waals surface area contributed by atoms with Crippen LogP contribution in [0.15, 0.2) is 394 Å². The van der Waals surface area contributed by atoms with Crippen molar-refractivity contribution in [1.29, 1.82) is 21.0 Å². The minimum atomic E-state index is 0.591. The highest BCUT2D eigenvalue weighted by atomic mass is 15.0. The maximum atomic E-state index is 10.1. The zero-order chi connectivity index (χ0) is 85.5. The van der Waals surface area contributed by atoms with Crippen LogP contribution < -0.4 is 0 Å². The van der Waals surface area contributed by atoms with Crippen molar-refractivity contribution in [3.05, 3.63) is 445 Å². The number of benzene rings is 18. The van der Waals surface area contributed by atoms with Crippen LogP contribution in [0.5, 0.6) is 0 Å². The molecule has 0 radical (unpaired) electrons. The van der Waals surface area contributed by atoms with Crippen LogP contribution in [-0.4, -0.2) is 27.4 Å². The van der Waals surface area contributed by atoms with Crippen LogP contribution in [0.3, 0.4) is 0 Å². The lowest BCUT2D eigenvalue weighted by Gasteiger charge is -2.13. The maximum Gasteiger partial charge on any atom is 0.188 e. The van der Waals surface area contributed by atoms with Crippen LogP contribution in [-0.2, 0) is 0 Å². The summed E-state index contributed by atoms with van der Waals surface area (Å²) < 4.78 is 13.5. The molecular formula is C115H68N12. The van der Waals surface area contributed by atoms with E-state index in [1.54, 1.807) is 0 Å². The summed E-state index contributed by atoms with van der Waals surface area (Å²) in [5, 5.41) is 53.4. The molecule has 0 spiro atoms. The first-order valence-corrected chi connectivity index (χ1v) is 41.8. The first kappa shape index (κ1) is 75.0. The first-order valence-electron chi connectivity index (χ1n) is 41.8. The normalized spacial score (nSPS) is 11.3. The van der Waals surface area contributed by atoms with Crippen molar-refractivity contribution in [2.24, 2.45) is 0 Å². The quantitative estimate of drug-likeness (QED) is 0.133. The fraction of sp³-hybridized carbons (Fsp3) is 0.00870. The second-order valence-corrected chi connectivity index (χ2v) is 31.9. The molecule has 0 saturated carbocycles. The Morgan fingerprint density at radius 1 is 0.189 bits per heavy atom. The number of fused-ring (bicyclic) bond motifs is 18. The number of para-hydroxylation sites is 8. The number of aromatic nitrogens is 6. The van der Waals surface area contributed by atoms with Gasteiger partial charge in [0.1, 0.15) is 0 Å². The van der Waals surface area contributed by atoms with E-state index in [0.717, 1.165) is 161 Å². The fourth-order valence-electron chi connectivity index (χ4n) is 19.1. The molecule has 0 amide bonds. The largest absolute Gasteiger partial charge is 0.309 e. The molecule has 12 nitrogen and oxygen atoms in total. The molecule has 588 valence electrons. The van der Waals surface area contributed by atoms with Gasteiger partial charge in [0.15, 0.2) is 11.4 Å². The number of nitriles is 4. The molecule has 18 aromatic carbocycles. The first-order chi connectivity index (χ1) is 62.6. The molecular weight excluding hydrogens is 1550 g/mol. The Hall–Kier alpha value is -18.3. The number of aryl methyl sites for hydroxylation is 1. The number of hydrogen-bond acceptors (Lipinski definition) is 4. The standard InChI is InChI=1S/C39H24N4.2C38H22N4/c1-25-14-16-38-34(18-25)32-10-3-5-12-36(32)42(38)30-9-7-8-27(21-30)28-19-26(24-40)20-31(22-28)43-37-13-6-4-11-33(37)35-23-29(41-2)15-17-39(35)43;1-40-28-17-18-38-34(23-28)33-13-4-7-16-37(33)42(38)30-20-25(24-39)19-27(22-30)26-9-8-10-29(21-26)41-35-14-5-2-11-31(35)32-12-3-6-15-36(32)41;39-23-25-16-17-38-34(20-25)33-12-3-6-15-37(33)41(38)29-9-7-8-27(21-29)28-18-26(24-40)19-30(22-28)42-35-13-4-1-10-31(35)32-11-2-5-14-36(32)42/h3-23H,1H3;2-23H;1-22H. The SMILES string of the molecule is N#Cc1cc(-c2cccc(-n3c4ccccc4c4cc(C#N)ccc43)c2)cc(-n2c3ccccc3c3ccccc32)c1.[C-]#[N+]c1ccc2c(c1)c1ccccc1n2-c1cc(C#N)cc(-c2cccc(-n3c4ccccc4c4cc(C)ccc43)c2)c1.[C-]#[N+]c1ccc2c(c1)c1ccccc1n2-c1cc(C#N)cc(-c2cccc(-n3c4ccccc4c4ccccc43)c2)c1. The average molecular weight is 1620 g/mol. The zero-order valence-corrected chi connectivity index (χ0v) is 68.4.